The van der Waals surface area contributed by atoms with Crippen molar-refractivity contribution in [2.24, 2.45) is 5.41 Å². The SMILES string of the molecule is CN1CCN(c2cc(C(=O)NC3CCCC3(C)CO)ccn2)CC1. The number of hydrogen-bond acceptors (Lipinski definition) is 5. The molecule has 6 heteroatoms. The fourth-order valence-electron chi connectivity index (χ4n) is 3.68. The molecule has 2 heterocycles. The quantitative estimate of drug-likeness (QED) is 0.865. The van der Waals surface area contributed by atoms with Crippen LogP contribution in [0.2, 0.25) is 0 Å². The van der Waals surface area contributed by atoms with Crippen molar-refractivity contribution < 1.29 is 9.90 Å². The third kappa shape index (κ3) is 3.54. The van der Waals surface area contributed by atoms with Crippen molar-refractivity contribution in [3.05, 3.63) is 23.9 Å². The monoisotopic (exact) mass is 332 g/mol. The van der Waals surface area contributed by atoms with Crippen LogP contribution in [-0.2, 0) is 0 Å². The van der Waals surface area contributed by atoms with Gasteiger partial charge in [0.1, 0.15) is 5.82 Å². The number of pyridine rings is 1. The van der Waals surface area contributed by atoms with Crippen LogP contribution in [-0.4, -0.2) is 66.8 Å². The summed E-state index contributed by atoms with van der Waals surface area (Å²) in [6.07, 6.45) is 4.64. The molecule has 1 aromatic heterocycles. The van der Waals surface area contributed by atoms with Crippen LogP contribution in [0.15, 0.2) is 18.3 Å². The zero-order chi connectivity index (χ0) is 17.2. The summed E-state index contributed by atoms with van der Waals surface area (Å²) < 4.78 is 0. The fourth-order valence-corrected chi connectivity index (χ4v) is 3.68. The third-order valence-corrected chi connectivity index (χ3v) is 5.58. The van der Waals surface area contributed by atoms with E-state index in [-0.39, 0.29) is 24.0 Å². The summed E-state index contributed by atoms with van der Waals surface area (Å²) in [6, 6.07) is 3.68. The Bertz CT molecular complexity index is 586. The summed E-state index contributed by atoms with van der Waals surface area (Å²) in [5.74, 6) is 0.798. The lowest BCUT2D eigenvalue weighted by molar-refractivity contribution is 0.0830. The Morgan fingerprint density at radius 3 is 2.88 bits per heavy atom. The molecule has 1 amide bonds. The van der Waals surface area contributed by atoms with E-state index in [2.05, 4.69) is 27.1 Å². The molecule has 2 atom stereocenters. The van der Waals surface area contributed by atoms with Crippen LogP contribution in [0.3, 0.4) is 0 Å². The number of anilines is 1. The molecular weight excluding hydrogens is 304 g/mol. The first-order valence-electron chi connectivity index (χ1n) is 8.83. The molecule has 0 aromatic carbocycles. The Hall–Kier alpha value is -1.66. The van der Waals surface area contributed by atoms with Gasteiger partial charge in [-0.3, -0.25) is 4.79 Å². The smallest absolute Gasteiger partial charge is 0.251 e. The number of hydrogen-bond donors (Lipinski definition) is 2. The van der Waals surface area contributed by atoms with E-state index in [0.717, 1.165) is 51.3 Å². The minimum absolute atomic E-state index is 0.0373. The Balaban J connectivity index is 1.68. The second-order valence-corrected chi connectivity index (χ2v) is 7.42. The predicted octanol–water partition coefficient (Wildman–Crippen LogP) is 1.11. The summed E-state index contributed by atoms with van der Waals surface area (Å²) in [7, 11) is 2.12. The zero-order valence-electron chi connectivity index (χ0n) is 14.7. The molecule has 1 aliphatic carbocycles. The molecule has 24 heavy (non-hydrogen) atoms. The number of aliphatic hydroxyl groups is 1. The standard InChI is InChI=1S/C18H28N4O2/c1-18(13-23)6-3-4-15(18)20-17(24)14-5-7-19-16(12-14)22-10-8-21(2)9-11-22/h5,7,12,15,23H,3-4,6,8-11,13H2,1-2H3,(H,20,24). The molecule has 1 saturated heterocycles. The van der Waals surface area contributed by atoms with Crippen LogP contribution in [0.5, 0.6) is 0 Å². The number of nitrogens with zero attached hydrogens (tertiary/aromatic N) is 3. The van der Waals surface area contributed by atoms with Gasteiger partial charge in [-0.2, -0.15) is 0 Å². The molecule has 0 bridgehead atoms. The lowest BCUT2D eigenvalue weighted by Crippen LogP contribution is -2.45. The van der Waals surface area contributed by atoms with Crippen LogP contribution in [0.25, 0.3) is 0 Å². The normalized spacial score (nSPS) is 28.1. The van der Waals surface area contributed by atoms with Crippen molar-refractivity contribution in [2.45, 2.75) is 32.2 Å². The van der Waals surface area contributed by atoms with Gasteiger partial charge in [-0.05, 0) is 32.0 Å². The van der Waals surface area contributed by atoms with Gasteiger partial charge in [0.25, 0.3) is 5.91 Å². The van der Waals surface area contributed by atoms with E-state index in [9.17, 15) is 9.90 Å². The number of nitrogens with one attached hydrogen (secondary N) is 1. The van der Waals surface area contributed by atoms with E-state index in [4.69, 9.17) is 0 Å². The highest BCUT2D eigenvalue weighted by molar-refractivity contribution is 5.95. The second kappa shape index (κ2) is 7.07. The molecule has 2 fully saturated rings. The number of likely N-dealkylation sites (N-methyl/N-ethyl adjacent to an activating group) is 1. The van der Waals surface area contributed by atoms with E-state index in [1.54, 1.807) is 12.3 Å². The summed E-state index contributed by atoms with van der Waals surface area (Å²) in [5.41, 5.74) is 0.439. The van der Waals surface area contributed by atoms with Crippen molar-refractivity contribution in [2.75, 3.05) is 44.7 Å². The molecule has 0 spiro atoms. The number of amides is 1. The highest BCUT2D eigenvalue weighted by Crippen LogP contribution is 2.37. The van der Waals surface area contributed by atoms with Gasteiger partial charge in [0.15, 0.2) is 0 Å². The summed E-state index contributed by atoms with van der Waals surface area (Å²) in [6.45, 7) is 6.04. The van der Waals surface area contributed by atoms with E-state index >= 15 is 0 Å². The zero-order valence-corrected chi connectivity index (χ0v) is 14.7. The van der Waals surface area contributed by atoms with E-state index < -0.39 is 0 Å². The van der Waals surface area contributed by atoms with Gasteiger partial charge in [0.2, 0.25) is 0 Å². The molecule has 0 radical (unpaired) electrons. The lowest BCUT2D eigenvalue weighted by atomic mass is 9.85. The molecule has 2 aliphatic rings. The van der Waals surface area contributed by atoms with Crippen LogP contribution in [0.1, 0.15) is 36.5 Å². The number of piperazine rings is 1. The Morgan fingerprint density at radius 1 is 1.42 bits per heavy atom. The Morgan fingerprint density at radius 2 is 2.17 bits per heavy atom. The largest absolute Gasteiger partial charge is 0.396 e. The average Bonchev–Trinajstić information content (AvgIpc) is 2.97. The maximum atomic E-state index is 12.6. The number of aliphatic hydroxyl groups excluding tert-OH is 1. The highest BCUT2D eigenvalue weighted by atomic mass is 16.3. The second-order valence-electron chi connectivity index (χ2n) is 7.42. The van der Waals surface area contributed by atoms with Gasteiger partial charge < -0.3 is 20.2 Å². The molecule has 1 saturated carbocycles. The van der Waals surface area contributed by atoms with Crippen LogP contribution in [0, 0.1) is 5.41 Å². The van der Waals surface area contributed by atoms with Gasteiger partial charge in [0, 0.05) is 49.4 Å². The van der Waals surface area contributed by atoms with Crippen molar-refractivity contribution in [3.8, 4) is 0 Å². The van der Waals surface area contributed by atoms with Crippen LogP contribution in [0.4, 0.5) is 5.82 Å². The van der Waals surface area contributed by atoms with Crippen molar-refractivity contribution >= 4 is 11.7 Å². The van der Waals surface area contributed by atoms with Crippen molar-refractivity contribution in [1.82, 2.24) is 15.2 Å². The van der Waals surface area contributed by atoms with Crippen LogP contribution < -0.4 is 10.2 Å². The molecule has 2 N–H and O–H groups in total. The van der Waals surface area contributed by atoms with E-state index in [1.807, 2.05) is 13.0 Å². The number of carbonyl (C=O) groups excluding carboxylic acids is 1. The minimum atomic E-state index is -0.205. The summed E-state index contributed by atoms with van der Waals surface area (Å²) in [4.78, 5) is 21.6. The van der Waals surface area contributed by atoms with Gasteiger partial charge in [-0.1, -0.05) is 13.3 Å². The van der Waals surface area contributed by atoms with Crippen molar-refractivity contribution in [1.29, 1.82) is 0 Å². The first-order chi connectivity index (χ1) is 11.5. The molecule has 2 unspecified atom stereocenters. The molecular formula is C18H28N4O2. The first kappa shape index (κ1) is 17.2. The lowest BCUT2D eigenvalue weighted by Gasteiger charge is -2.33. The average molecular weight is 332 g/mol. The number of rotatable bonds is 4. The topological polar surface area (TPSA) is 68.7 Å². The maximum absolute atomic E-state index is 12.6. The van der Waals surface area contributed by atoms with E-state index in [1.165, 1.54) is 0 Å². The van der Waals surface area contributed by atoms with Gasteiger partial charge >= 0.3 is 0 Å². The number of aromatic nitrogens is 1. The summed E-state index contributed by atoms with van der Waals surface area (Å²) in [5, 5.41) is 12.8. The van der Waals surface area contributed by atoms with Gasteiger partial charge in [-0.15, -0.1) is 0 Å². The van der Waals surface area contributed by atoms with E-state index in [0.29, 0.717) is 5.56 Å². The first-order valence-corrected chi connectivity index (χ1v) is 8.83. The predicted molar refractivity (Wildman–Crippen MR) is 94.2 cm³/mol. The van der Waals surface area contributed by atoms with Gasteiger partial charge in [0.05, 0.1) is 6.61 Å². The maximum Gasteiger partial charge on any atom is 0.251 e. The van der Waals surface area contributed by atoms with Crippen molar-refractivity contribution in [3.63, 3.8) is 0 Å². The number of carbonyl (C=O) groups is 1. The third-order valence-electron chi connectivity index (χ3n) is 5.58. The minimum Gasteiger partial charge on any atom is -0.396 e. The molecule has 6 nitrogen and oxygen atoms in total. The van der Waals surface area contributed by atoms with Crippen LogP contribution >= 0.6 is 0 Å². The molecule has 1 aliphatic heterocycles. The Kier molecular flexibility index (Phi) is 5.06. The Labute approximate surface area is 143 Å². The molecule has 132 valence electrons. The molecule has 1 aromatic rings. The highest BCUT2D eigenvalue weighted by Gasteiger charge is 2.39. The fraction of sp³-hybridized carbons (Fsp3) is 0.667. The van der Waals surface area contributed by atoms with Gasteiger partial charge in [-0.25, -0.2) is 4.98 Å². The summed E-state index contributed by atoms with van der Waals surface area (Å²) >= 11 is 0. The molecule has 3 rings (SSSR count).